The fourth-order valence-electron chi connectivity index (χ4n) is 3.53. The second-order valence-electron chi connectivity index (χ2n) is 6.23. The van der Waals surface area contributed by atoms with Gasteiger partial charge in [0.15, 0.2) is 11.4 Å². The molecule has 1 aliphatic rings. The maximum atomic E-state index is 13.7. The van der Waals surface area contributed by atoms with Crippen molar-refractivity contribution in [3.63, 3.8) is 0 Å². The summed E-state index contributed by atoms with van der Waals surface area (Å²) in [5.74, 6) is 1.44. The number of fused-ring (bicyclic) bond motifs is 1. The van der Waals surface area contributed by atoms with E-state index in [0.29, 0.717) is 5.58 Å². The first kappa shape index (κ1) is 14.6. The van der Waals surface area contributed by atoms with Crippen LogP contribution < -0.4 is 5.32 Å². The van der Waals surface area contributed by atoms with E-state index < -0.39 is 0 Å². The van der Waals surface area contributed by atoms with Crippen LogP contribution in [0.25, 0.3) is 11.0 Å². The van der Waals surface area contributed by atoms with E-state index in [9.17, 15) is 4.39 Å². The first-order chi connectivity index (χ1) is 10.3. The fourth-order valence-corrected chi connectivity index (χ4v) is 3.53. The molecule has 1 unspecified atom stereocenters. The van der Waals surface area contributed by atoms with Gasteiger partial charge < -0.3 is 9.73 Å². The lowest BCUT2D eigenvalue weighted by atomic mass is 9.85. The Morgan fingerprint density at radius 1 is 1.29 bits per heavy atom. The molecule has 0 saturated heterocycles. The molecule has 2 nitrogen and oxygen atoms in total. The lowest BCUT2D eigenvalue weighted by Gasteiger charge is -2.23. The van der Waals surface area contributed by atoms with E-state index in [1.165, 1.54) is 44.6 Å². The van der Waals surface area contributed by atoms with Crippen LogP contribution in [0, 0.1) is 11.7 Å². The molecule has 21 heavy (non-hydrogen) atoms. The van der Waals surface area contributed by atoms with Crippen molar-refractivity contribution in [1.82, 2.24) is 5.32 Å². The van der Waals surface area contributed by atoms with Crippen molar-refractivity contribution < 1.29 is 8.81 Å². The lowest BCUT2D eigenvalue weighted by Crippen LogP contribution is -2.17. The highest BCUT2D eigenvalue weighted by atomic mass is 19.1. The van der Waals surface area contributed by atoms with Crippen molar-refractivity contribution in [1.29, 1.82) is 0 Å². The Hall–Kier alpha value is -1.35. The largest absolute Gasteiger partial charge is 0.456 e. The zero-order chi connectivity index (χ0) is 14.7. The molecule has 3 rings (SSSR count). The second kappa shape index (κ2) is 6.61. The van der Waals surface area contributed by atoms with Gasteiger partial charge in [-0.1, -0.05) is 44.2 Å². The van der Waals surface area contributed by atoms with Crippen molar-refractivity contribution in [3.05, 3.63) is 35.8 Å². The zero-order valence-corrected chi connectivity index (χ0v) is 12.7. The van der Waals surface area contributed by atoms with Crippen molar-refractivity contribution in [3.8, 4) is 0 Å². The molecule has 114 valence electrons. The fraction of sp³-hybridized carbons (Fsp3) is 0.556. The van der Waals surface area contributed by atoms with Crippen molar-refractivity contribution in [2.45, 2.75) is 51.0 Å². The summed E-state index contributed by atoms with van der Waals surface area (Å²) in [5, 5.41) is 4.17. The summed E-state index contributed by atoms with van der Waals surface area (Å²) >= 11 is 0. The number of halogens is 1. The van der Waals surface area contributed by atoms with E-state index in [1.54, 1.807) is 6.07 Å². The molecule has 1 aromatic heterocycles. The van der Waals surface area contributed by atoms with Crippen LogP contribution in [-0.4, -0.2) is 7.05 Å². The van der Waals surface area contributed by atoms with Crippen LogP contribution in [0.5, 0.6) is 0 Å². The summed E-state index contributed by atoms with van der Waals surface area (Å²) in [7, 11) is 1.95. The van der Waals surface area contributed by atoms with E-state index >= 15 is 0 Å². The van der Waals surface area contributed by atoms with E-state index in [4.69, 9.17) is 4.42 Å². The Morgan fingerprint density at radius 3 is 2.81 bits per heavy atom. The van der Waals surface area contributed by atoms with Crippen LogP contribution in [0.3, 0.4) is 0 Å². The molecule has 1 saturated carbocycles. The highest BCUT2D eigenvalue weighted by Gasteiger charge is 2.19. The van der Waals surface area contributed by atoms with Crippen LogP contribution >= 0.6 is 0 Å². The van der Waals surface area contributed by atoms with E-state index in [-0.39, 0.29) is 11.9 Å². The number of hydrogen-bond donors (Lipinski definition) is 1. The van der Waals surface area contributed by atoms with Crippen LogP contribution in [0.2, 0.25) is 0 Å². The number of benzene rings is 1. The van der Waals surface area contributed by atoms with Gasteiger partial charge in [-0.3, -0.25) is 0 Å². The third-order valence-corrected chi connectivity index (χ3v) is 4.80. The minimum Gasteiger partial charge on any atom is -0.456 e. The molecule has 0 amide bonds. The maximum absolute atomic E-state index is 13.7. The second-order valence-corrected chi connectivity index (χ2v) is 6.23. The third kappa shape index (κ3) is 3.29. The smallest absolute Gasteiger partial charge is 0.169 e. The Bertz CT molecular complexity index is 586. The normalized spacial score (nSPS) is 18.2. The Kier molecular flexibility index (Phi) is 4.59. The maximum Gasteiger partial charge on any atom is 0.169 e. The van der Waals surface area contributed by atoms with E-state index in [2.05, 4.69) is 5.32 Å². The Morgan fingerprint density at radius 2 is 2.10 bits per heavy atom. The van der Waals surface area contributed by atoms with Crippen LogP contribution in [-0.2, 0) is 0 Å². The number of hydrogen-bond acceptors (Lipinski definition) is 2. The molecule has 0 aliphatic heterocycles. The predicted molar refractivity (Wildman–Crippen MR) is 83.8 cm³/mol. The van der Waals surface area contributed by atoms with E-state index in [1.807, 2.05) is 19.2 Å². The van der Waals surface area contributed by atoms with Crippen LogP contribution in [0.15, 0.2) is 28.7 Å². The third-order valence-electron chi connectivity index (χ3n) is 4.80. The molecule has 2 aromatic rings. The molecule has 1 fully saturated rings. The quantitative estimate of drug-likeness (QED) is 0.819. The van der Waals surface area contributed by atoms with Gasteiger partial charge in [0.2, 0.25) is 0 Å². The molecule has 0 bridgehead atoms. The molecule has 1 N–H and O–H groups in total. The zero-order valence-electron chi connectivity index (χ0n) is 12.7. The Balaban J connectivity index is 1.70. The minimum absolute atomic E-state index is 0.179. The van der Waals surface area contributed by atoms with Gasteiger partial charge in [0.25, 0.3) is 0 Å². The van der Waals surface area contributed by atoms with Gasteiger partial charge in [-0.15, -0.1) is 0 Å². The number of nitrogens with one attached hydrogen (secondary N) is 1. The van der Waals surface area contributed by atoms with Gasteiger partial charge in [-0.25, -0.2) is 4.39 Å². The van der Waals surface area contributed by atoms with E-state index in [0.717, 1.165) is 23.5 Å². The average Bonchev–Trinajstić information content (AvgIpc) is 2.94. The highest BCUT2D eigenvalue weighted by Crippen LogP contribution is 2.32. The minimum atomic E-state index is -0.277. The Labute approximate surface area is 125 Å². The number of rotatable bonds is 5. The molecule has 1 atom stereocenters. The lowest BCUT2D eigenvalue weighted by molar-refractivity contribution is 0.307. The predicted octanol–water partition coefficient (Wildman–Crippen LogP) is 5.19. The SMILES string of the molecule is CNC(CCC1CCCCC1)c1cc2cccc(F)c2o1. The van der Waals surface area contributed by atoms with Crippen molar-refractivity contribution in [2.75, 3.05) is 7.05 Å². The summed E-state index contributed by atoms with van der Waals surface area (Å²) in [6, 6.07) is 7.23. The van der Waals surface area contributed by atoms with Gasteiger partial charge in [0.1, 0.15) is 5.76 Å². The van der Waals surface area contributed by atoms with Gasteiger partial charge in [-0.2, -0.15) is 0 Å². The first-order valence-corrected chi connectivity index (χ1v) is 8.13. The molecular weight excluding hydrogens is 265 g/mol. The topological polar surface area (TPSA) is 25.2 Å². The molecule has 0 spiro atoms. The summed E-state index contributed by atoms with van der Waals surface area (Å²) in [4.78, 5) is 0. The molecule has 1 aliphatic carbocycles. The first-order valence-electron chi connectivity index (χ1n) is 8.13. The monoisotopic (exact) mass is 289 g/mol. The summed E-state index contributed by atoms with van der Waals surface area (Å²) < 4.78 is 19.5. The van der Waals surface area contributed by atoms with Crippen LogP contribution in [0.4, 0.5) is 4.39 Å². The van der Waals surface area contributed by atoms with Gasteiger partial charge >= 0.3 is 0 Å². The molecular formula is C18H24FNO. The number of para-hydroxylation sites is 1. The number of furan rings is 1. The van der Waals surface area contributed by atoms with Crippen LogP contribution in [0.1, 0.15) is 56.7 Å². The molecule has 1 heterocycles. The molecule has 1 aromatic carbocycles. The average molecular weight is 289 g/mol. The van der Waals surface area contributed by atoms with Crippen molar-refractivity contribution in [2.24, 2.45) is 5.92 Å². The van der Waals surface area contributed by atoms with Gasteiger partial charge in [0, 0.05) is 5.39 Å². The standard InChI is InChI=1S/C18H24FNO/c1-20-16(11-10-13-6-3-2-4-7-13)17-12-14-8-5-9-15(19)18(14)21-17/h5,8-9,12-13,16,20H,2-4,6-7,10-11H2,1H3. The summed E-state index contributed by atoms with van der Waals surface area (Å²) in [5.41, 5.74) is 0.380. The summed E-state index contributed by atoms with van der Waals surface area (Å²) in [6.45, 7) is 0. The molecule has 0 radical (unpaired) electrons. The van der Waals surface area contributed by atoms with Gasteiger partial charge in [0.05, 0.1) is 6.04 Å². The highest BCUT2D eigenvalue weighted by molar-refractivity contribution is 5.78. The molecule has 3 heteroatoms. The van der Waals surface area contributed by atoms with Gasteiger partial charge in [-0.05, 0) is 37.9 Å². The van der Waals surface area contributed by atoms with Crippen molar-refractivity contribution >= 4 is 11.0 Å². The summed E-state index contributed by atoms with van der Waals surface area (Å²) in [6.07, 6.45) is 9.17.